The first-order valence-corrected chi connectivity index (χ1v) is 5.29. The molecule has 0 amide bonds. The van der Waals surface area contributed by atoms with Gasteiger partial charge in [0.25, 0.3) is 0 Å². The maximum Gasteiger partial charge on any atom is 0.0829 e. The van der Waals surface area contributed by atoms with Gasteiger partial charge in [-0.1, -0.05) is 29.8 Å². The molecule has 0 fully saturated rings. The minimum Gasteiger partial charge on any atom is -0.390 e. The molecule has 0 saturated carbocycles. The smallest absolute Gasteiger partial charge is 0.0829 e. The summed E-state index contributed by atoms with van der Waals surface area (Å²) in [5.41, 5.74) is 6.67. The molecule has 2 atom stereocenters. The van der Waals surface area contributed by atoms with E-state index in [1.165, 1.54) is 0 Å². The monoisotopic (exact) mass is 233 g/mol. The molecule has 1 aromatic carbocycles. The normalized spacial score (nSPS) is 15.1. The van der Waals surface area contributed by atoms with E-state index in [-0.39, 0.29) is 11.9 Å². The van der Waals surface area contributed by atoms with Gasteiger partial charge >= 0.3 is 0 Å². The Bertz CT molecular complexity index is 293. The quantitative estimate of drug-likeness (QED) is 0.780. The third-order valence-corrected chi connectivity index (χ3v) is 2.75. The summed E-state index contributed by atoms with van der Waals surface area (Å²) in [6.45, 7) is 0. The highest BCUT2D eigenvalue weighted by Crippen LogP contribution is 2.17. The lowest BCUT2D eigenvalue weighted by Crippen LogP contribution is -2.37. The Kier molecular flexibility index (Phi) is 4.69. The Balaban J connectivity index is 2.64. The first kappa shape index (κ1) is 11.8. The zero-order valence-corrected chi connectivity index (χ0v) is 9.17. The highest BCUT2D eigenvalue weighted by Gasteiger charge is 2.14. The van der Waals surface area contributed by atoms with Crippen molar-refractivity contribution >= 4 is 23.2 Å². The Labute approximate surface area is 93.6 Å². The highest BCUT2D eigenvalue weighted by molar-refractivity contribution is 6.31. The van der Waals surface area contributed by atoms with E-state index in [1.807, 2.05) is 18.2 Å². The topological polar surface area (TPSA) is 46.2 Å². The van der Waals surface area contributed by atoms with Crippen molar-refractivity contribution in [3.8, 4) is 0 Å². The molecule has 0 radical (unpaired) electrons. The zero-order valence-electron chi connectivity index (χ0n) is 7.66. The van der Waals surface area contributed by atoms with E-state index < -0.39 is 6.10 Å². The number of nitrogens with two attached hydrogens (primary N) is 1. The first-order valence-electron chi connectivity index (χ1n) is 4.38. The Morgan fingerprint density at radius 1 is 1.36 bits per heavy atom. The highest BCUT2D eigenvalue weighted by atomic mass is 35.5. The van der Waals surface area contributed by atoms with Crippen molar-refractivity contribution in [2.24, 2.45) is 5.73 Å². The van der Waals surface area contributed by atoms with Crippen molar-refractivity contribution in [2.75, 3.05) is 5.88 Å². The molecule has 1 rings (SSSR count). The van der Waals surface area contributed by atoms with Crippen molar-refractivity contribution < 1.29 is 5.11 Å². The molecule has 0 spiro atoms. The molecule has 14 heavy (non-hydrogen) atoms. The van der Waals surface area contributed by atoms with Gasteiger partial charge in [-0.15, -0.1) is 11.6 Å². The van der Waals surface area contributed by atoms with Crippen LogP contribution in [-0.4, -0.2) is 23.1 Å². The molecule has 4 heteroatoms. The molecule has 0 aliphatic heterocycles. The molecule has 0 aliphatic rings. The van der Waals surface area contributed by atoms with Gasteiger partial charge in [0.2, 0.25) is 0 Å². The first-order chi connectivity index (χ1) is 6.65. The minimum absolute atomic E-state index is 0.144. The summed E-state index contributed by atoms with van der Waals surface area (Å²) in [6.07, 6.45) is -0.152. The van der Waals surface area contributed by atoms with E-state index in [1.54, 1.807) is 6.07 Å². The fourth-order valence-electron chi connectivity index (χ4n) is 1.17. The lowest BCUT2D eigenvalue weighted by atomic mass is 10.0. The molecule has 0 bridgehead atoms. The van der Waals surface area contributed by atoms with Gasteiger partial charge in [0, 0.05) is 16.9 Å². The number of aliphatic hydroxyl groups is 1. The number of aliphatic hydroxyl groups excluding tert-OH is 1. The number of halogens is 2. The van der Waals surface area contributed by atoms with Gasteiger partial charge in [0.15, 0.2) is 0 Å². The summed E-state index contributed by atoms with van der Waals surface area (Å²) in [6, 6.07) is 7.07. The van der Waals surface area contributed by atoms with E-state index in [9.17, 15) is 5.11 Å². The van der Waals surface area contributed by atoms with Crippen LogP contribution in [-0.2, 0) is 6.42 Å². The molecule has 78 valence electrons. The third-order valence-electron chi connectivity index (χ3n) is 2.07. The summed E-state index contributed by atoms with van der Waals surface area (Å²) in [4.78, 5) is 0. The Morgan fingerprint density at radius 3 is 2.57 bits per heavy atom. The van der Waals surface area contributed by atoms with Crippen LogP contribution in [0.2, 0.25) is 5.02 Å². The second-order valence-electron chi connectivity index (χ2n) is 3.18. The second-order valence-corrected chi connectivity index (χ2v) is 3.90. The predicted molar refractivity (Wildman–Crippen MR) is 59.9 cm³/mol. The standard InChI is InChI=1S/C10H13Cl2NO/c11-6-10(14)9(13)5-7-3-1-2-4-8(7)12/h1-4,9-10,14H,5-6,13H2. The summed E-state index contributed by atoms with van der Waals surface area (Å²) in [7, 11) is 0. The summed E-state index contributed by atoms with van der Waals surface area (Å²) < 4.78 is 0. The third kappa shape index (κ3) is 3.14. The fraction of sp³-hybridized carbons (Fsp3) is 0.400. The van der Waals surface area contributed by atoms with Crippen LogP contribution in [0.25, 0.3) is 0 Å². The fourth-order valence-corrected chi connectivity index (χ4v) is 1.61. The van der Waals surface area contributed by atoms with E-state index in [2.05, 4.69) is 0 Å². The zero-order chi connectivity index (χ0) is 10.6. The van der Waals surface area contributed by atoms with E-state index >= 15 is 0 Å². The largest absolute Gasteiger partial charge is 0.390 e. The van der Waals surface area contributed by atoms with Crippen LogP contribution in [0.1, 0.15) is 5.56 Å². The second kappa shape index (κ2) is 5.56. The molecule has 0 heterocycles. The van der Waals surface area contributed by atoms with Gasteiger partial charge in [-0.05, 0) is 18.1 Å². The van der Waals surface area contributed by atoms with Gasteiger partial charge in [0.1, 0.15) is 0 Å². The van der Waals surface area contributed by atoms with E-state index in [0.29, 0.717) is 11.4 Å². The summed E-state index contributed by atoms with van der Waals surface area (Å²) in [5, 5.41) is 10.0. The van der Waals surface area contributed by atoms with Gasteiger partial charge in [-0.2, -0.15) is 0 Å². The maximum absolute atomic E-state index is 9.38. The molecule has 0 aliphatic carbocycles. The van der Waals surface area contributed by atoms with Crippen molar-refractivity contribution in [1.82, 2.24) is 0 Å². The van der Waals surface area contributed by atoms with Gasteiger partial charge in [-0.25, -0.2) is 0 Å². The molecular formula is C10H13Cl2NO. The van der Waals surface area contributed by atoms with Crippen molar-refractivity contribution in [3.05, 3.63) is 34.9 Å². The molecule has 2 nitrogen and oxygen atoms in total. The van der Waals surface area contributed by atoms with Gasteiger partial charge in [-0.3, -0.25) is 0 Å². The molecule has 1 aromatic rings. The lowest BCUT2D eigenvalue weighted by molar-refractivity contribution is 0.166. The Morgan fingerprint density at radius 2 is 2.00 bits per heavy atom. The number of benzene rings is 1. The summed E-state index contributed by atoms with van der Waals surface area (Å²) in [5.74, 6) is 0.144. The van der Waals surface area contributed by atoms with Gasteiger partial charge in [0.05, 0.1) is 6.10 Å². The number of rotatable bonds is 4. The predicted octanol–water partition coefficient (Wildman–Crippen LogP) is 1.81. The van der Waals surface area contributed by atoms with Crippen molar-refractivity contribution in [2.45, 2.75) is 18.6 Å². The SMILES string of the molecule is NC(Cc1ccccc1Cl)C(O)CCl. The average Bonchev–Trinajstić information content (AvgIpc) is 2.20. The van der Waals surface area contributed by atoms with E-state index in [4.69, 9.17) is 28.9 Å². The van der Waals surface area contributed by atoms with Crippen LogP contribution in [0, 0.1) is 0 Å². The molecule has 0 aromatic heterocycles. The van der Waals surface area contributed by atoms with Crippen LogP contribution in [0.15, 0.2) is 24.3 Å². The van der Waals surface area contributed by atoms with Crippen LogP contribution >= 0.6 is 23.2 Å². The van der Waals surface area contributed by atoms with Crippen LogP contribution in [0.3, 0.4) is 0 Å². The summed E-state index contributed by atoms with van der Waals surface area (Å²) >= 11 is 11.4. The number of alkyl halides is 1. The minimum atomic E-state index is -0.687. The molecular weight excluding hydrogens is 221 g/mol. The maximum atomic E-state index is 9.38. The van der Waals surface area contributed by atoms with Crippen LogP contribution < -0.4 is 5.73 Å². The number of hydrogen-bond acceptors (Lipinski definition) is 2. The average molecular weight is 234 g/mol. The molecule has 3 N–H and O–H groups in total. The lowest BCUT2D eigenvalue weighted by Gasteiger charge is -2.16. The van der Waals surface area contributed by atoms with Crippen LogP contribution in [0.5, 0.6) is 0 Å². The number of hydrogen-bond donors (Lipinski definition) is 2. The van der Waals surface area contributed by atoms with Crippen molar-refractivity contribution in [3.63, 3.8) is 0 Å². The van der Waals surface area contributed by atoms with Gasteiger partial charge < -0.3 is 10.8 Å². The van der Waals surface area contributed by atoms with Crippen molar-refractivity contribution in [1.29, 1.82) is 0 Å². The Hall–Kier alpha value is -0.280. The molecule has 2 unspecified atom stereocenters. The van der Waals surface area contributed by atoms with Crippen LogP contribution in [0.4, 0.5) is 0 Å². The van der Waals surface area contributed by atoms with E-state index in [0.717, 1.165) is 5.56 Å². The molecule has 0 saturated heterocycles.